The Labute approximate surface area is 38.3 Å². The fraction of sp³-hybridized carbons (Fsp3) is 0.667. The Morgan fingerprint density at radius 3 is 3.00 bits per heavy atom. The summed E-state index contributed by atoms with van der Waals surface area (Å²) in [6.45, 7) is 1.17. The molecule has 0 aromatic carbocycles. The van der Waals surface area contributed by atoms with Crippen molar-refractivity contribution in [3.63, 3.8) is 0 Å². The van der Waals surface area contributed by atoms with Crippen LogP contribution in [0.1, 0.15) is 0 Å². The molecule has 1 heterocycles. The van der Waals surface area contributed by atoms with Crippen LogP contribution in [0.4, 0.5) is 0 Å². The van der Waals surface area contributed by atoms with Gasteiger partial charge in [0.1, 0.15) is 0 Å². The van der Waals surface area contributed by atoms with Crippen molar-refractivity contribution in [3.8, 4) is 0 Å². The molecule has 0 aromatic rings. The molecule has 2 heteroatoms. The van der Waals surface area contributed by atoms with E-state index < -0.39 is 0 Å². The second kappa shape index (κ2) is 1.81. The van der Waals surface area contributed by atoms with E-state index in [1.807, 2.05) is 0 Å². The molecule has 1 N–H and O–H groups in total. The third-order valence-corrected chi connectivity index (χ3v) is 1.94. The van der Waals surface area contributed by atoms with Crippen molar-refractivity contribution in [2.75, 3.05) is 6.54 Å². The summed E-state index contributed by atoms with van der Waals surface area (Å²) in [5.41, 5.74) is 3.03. The Morgan fingerprint density at radius 2 is 2.80 bits per heavy atom. The molecule has 0 atom stereocenters. The van der Waals surface area contributed by atoms with Gasteiger partial charge in [-0.3, -0.25) is 0 Å². The zero-order valence-corrected chi connectivity index (χ0v) is 4.54. The van der Waals surface area contributed by atoms with Crippen LogP contribution >= 0.6 is 0 Å². The average Bonchev–Trinajstić information content (AvgIpc) is 1.76. The van der Waals surface area contributed by atoms with Crippen LogP contribution in [0.3, 0.4) is 0 Å². The Bertz CT molecular complexity index is 18.5. The van der Waals surface area contributed by atoms with Gasteiger partial charge in [0, 0.05) is 0 Å². The fourth-order valence-electron chi connectivity index (χ4n) is 0.255. The van der Waals surface area contributed by atoms with Crippen LogP contribution < -0.4 is 5.32 Å². The van der Waals surface area contributed by atoms with Gasteiger partial charge in [0.2, 0.25) is 0 Å². The molecule has 0 spiro atoms. The van der Waals surface area contributed by atoms with E-state index in [-0.39, 0.29) is 0 Å². The van der Waals surface area contributed by atoms with Crippen LogP contribution in [-0.4, -0.2) is 21.5 Å². The van der Waals surface area contributed by atoms with Crippen LogP contribution in [0.15, 0.2) is 0 Å². The topological polar surface area (TPSA) is 12.0 Å². The normalized spacial score (nSPS) is 24.0. The molecule has 0 aliphatic carbocycles. The monoisotopic (exact) mass is 135 g/mol. The molecule has 5 heavy (non-hydrogen) atoms. The Hall–Kier alpha value is 0.479. The molecule has 1 fully saturated rings. The second-order valence-corrected chi connectivity index (χ2v) is 2.77. The molecular formula is C3H5NSe. The summed E-state index contributed by atoms with van der Waals surface area (Å²) >= 11 is 0.708. The van der Waals surface area contributed by atoms with Gasteiger partial charge in [0.25, 0.3) is 0 Å². The molecule has 28 valence electrons. The molecule has 0 unspecified atom stereocenters. The molecule has 1 saturated heterocycles. The Balaban J connectivity index is 2.08. The van der Waals surface area contributed by atoms with Gasteiger partial charge in [-0.25, -0.2) is 0 Å². The van der Waals surface area contributed by atoms with Gasteiger partial charge >= 0.3 is 37.6 Å². The van der Waals surface area contributed by atoms with E-state index in [4.69, 9.17) is 0 Å². The molecule has 1 rings (SSSR count). The zero-order chi connectivity index (χ0) is 3.54. The molecule has 1 nitrogen and oxygen atoms in total. The van der Waals surface area contributed by atoms with E-state index in [0.29, 0.717) is 15.0 Å². The van der Waals surface area contributed by atoms with E-state index in [2.05, 4.69) is 10.8 Å². The van der Waals surface area contributed by atoms with Crippen LogP contribution in [0.5, 0.6) is 0 Å². The van der Waals surface area contributed by atoms with Gasteiger partial charge in [0.15, 0.2) is 0 Å². The molecule has 2 radical (unpaired) electrons. The van der Waals surface area contributed by atoms with Crippen LogP contribution in [0.25, 0.3) is 0 Å². The predicted octanol–water partition coefficient (Wildman–Crippen LogP) is -0.292. The third-order valence-electron chi connectivity index (χ3n) is 0.473. The first-order valence-corrected chi connectivity index (χ1v) is 3.66. The Kier molecular flexibility index (Phi) is 1.32. The van der Waals surface area contributed by atoms with Gasteiger partial charge in [-0.1, -0.05) is 0 Å². The summed E-state index contributed by atoms with van der Waals surface area (Å²) in [5.74, 6) is 0. The van der Waals surface area contributed by atoms with Crippen molar-refractivity contribution in [3.05, 3.63) is 5.44 Å². The zero-order valence-electron chi connectivity index (χ0n) is 2.82. The van der Waals surface area contributed by atoms with Crippen molar-refractivity contribution in [2.45, 2.75) is 5.32 Å². The summed E-state index contributed by atoms with van der Waals surface area (Å²) < 4.78 is 0. The van der Waals surface area contributed by atoms with Gasteiger partial charge in [-0.05, 0) is 0 Å². The van der Waals surface area contributed by atoms with Crippen molar-refractivity contribution < 1.29 is 0 Å². The molecule has 0 bridgehead atoms. The van der Waals surface area contributed by atoms with Crippen molar-refractivity contribution in [1.29, 1.82) is 0 Å². The summed E-state index contributed by atoms with van der Waals surface area (Å²) in [7, 11) is 0. The van der Waals surface area contributed by atoms with Gasteiger partial charge in [-0.2, -0.15) is 0 Å². The summed E-state index contributed by atoms with van der Waals surface area (Å²) in [6, 6.07) is 0. The first-order chi connectivity index (χ1) is 2.50. The maximum atomic E-state index is 3.03. The number of hydrogen-bond donors (Lipinski definition) is 1. The molecule has 0 amide bonds. The molecule has 0 saturated carbocycles. The second-order valence-electron chi connectivity index (χ2n) is 0.877. The van der Waals surface area contributed by atoms with E-state index in [1.54, 1.807) is 0 Å². The maximum absolute atomic E-state index is 3.03. The number of hydrogen-bond acceptors (Lipinski definition) is 1. The molecular weight excluding hydrogens is 129 g/mol. The van der Waals surface area contributed by atoms with E-state index in [1.165, 1.54) is 11.9 Å². The quantitative estimate of drug-likeness (QED) is 0.449. The van der Waals surface area contributed by atoms with E-state index >= 15 is 0 Å². The van der Waals surface area contributed by atoms with Crippen molar-refractivity contribution in [2.24, 2.45) is 0 Å². The van der Waals surface area contributed by atoms with E-state index in [0.717, 1.165) is 0 Å². The predicted molar refractivity (Wildman–Crippen MR) is 21.8 cm³/mol. The molecule has 1 aliphatic rings. The van der Waals surface area contributed by atoms with Crippen LogP contribution in [0, 0.1) is 5.44 Å². The summed E-state index contributed by atoms with van der Waals surface area (Å²) in [4.78, 5) is 0. The van der Waals surface area contributed by atoms with Crippen molar-refractivity contribution in [1.82, 2.24) is 5.32 Å². The SMILES string of the molecule is [C]1NCC[Se]1. The van der Waals surface area contributed by atoms with Crippen LogP contribution in [0.2, 0.25) is 5.32 Å². The average molecular weight is 134 g/mol. The minimum absolute atomic E-state index is 0.708. The first-order valence-electron chi connectivity index (χ1n) is 1.60. The third kappa shape index (κ3) is 0.917. The fourth-order valence-corrected chi connectivity index (χ4v) is 1.33. The van der Waals surface area contributed by atoms with E-state index in [9.17, 15) is 0 Å². The van der Waals surface area contributed by atoms with Gasteiger partial charge in [-0.15, -0.1) is 0 Å². The van der Waals surface area contributed by atoms with Gasteiger partial charge < -0.3 is 0 Å². The minimum atomic E-state index is 0.708. The summed E-state index contributed by atoms with van der Waals surface area (Å²) in [5, 5.41) is 4.34. The van der Waals surface area contributed by atoms with Crippen LogP contribution in [-0.2, 0) is 0 Å². The summed E-state index contributed by atoms with van der Waals surface area (Å²) in [6.07, 6.45) is 0. The standard InChI is InChI=1S/C3H5NSe/c1-2-5-3-4-1/h4H,1-2H2. The molecule has 0 aromatic heterocycles. The first kappa shape index (κ1) is 3.66. The number of rotatable bonds is 0. The molecule has 1 aliphatic heterocycles. The Morgan fingerprint density at radius 1 is 1.80 bits per heavy atom. The van der Waals surface area contributed by atoms with Gasteiger partial charge in [0.05, 0.1) is 0 Å². The van der Waals surface area contributed by atoms with Crippen molar-refractivity contribution >= 4 is 15.0 Å². The number of nitrogens with one attached hydrogen (secondary N) is 1.